The molecule has 16 heavy (non-hydrogen) atoms. The summed E-state index contributed by atoms with van der Waals surface area (Å²) in [5, 5.41) is 0. The second kappa shape index (κ2) is 5.00. The normalized spacial score (nSPS) is 21.9. The van der Waals surface area contributed by atoms with Gasteiger partial charge in [-0.05, 0) is 36.5 Å². The molecule has 2 nitrogen and oxygen atoms in total. The van der Waals surface area contributed by atoms with Crippen LogP contribution in [0.4, 0.5) is 0 Å². The topological polar surface area (TPSA) is 26.3 Å². The van der Waals surface area contributed by atoms with Crippen molar-refractivity contribution >= 4 is 21.9 Å². The second-order valence-corrected chi connectivity index (χ2v) is 5.29. The number of carbonyl (C=O) groups excluding carboxylic acids is 1. The third-order valence-corrected chi connectivity index (χ3v) is 3.55. The molecule has 1 aliphatic heterocycles. The first-order chi connectivity index (χ1) is 7.65. The van der Waals surface area contributed by atoms with Crippen LogP contribution in [0.15, 0.2) is 28.7 Å². The van der Waals surface area contributed by atoms with Crippen LogP contribution in [0.3, 0.4) is 0 Å². The second-order valence-electron chi connectivity index (χ2n) is 4.37. The van der Waals surface area contributed by atoms with E-state index in [4.69, 9.17) is 4.74 Å². The van der Waals surface area contributed by atoms with Crippen LogP contribution >= 0.6 is 15.9 Å². The summed E-state index contributed by atoms with van der Waals surface area (Å²) in [6.07, 6.45) is 2.52. The highest BCUT2D eigenvalue weighted by molar-refractivity contribution is 9.10. The molecule has 1 fully saturated rings. The van der Waals surface area contributed by atoms with Crippen LogP contribution < -0.4 is 0 Å². The standard InChI is InChI=1S/C13H15BrO2/c1-9(12-6-7-13(15)16-12)8-10-2-4-11(14)5-3-10/h2-5,9,12H,6-8H2,1H3/t9-,12-/m0/s1. The number of cyclic esters (lactones) is 1. The molecule has 86 valence electrons. The lowest BCUT2D eigenvalue weighted by atomic mass is 9.94. The monoisotopic (exact) mass is 282 g/mol. The Kier molecular flexibility index (Phi) is 3.64. The van der Waals surface area contributed by atoms with Gasteiger partial charge in [-0.2, -0.15) is 0 Å². The van der Waals surface area contributed by atoms with Crippen molar-refractivity contribution in [3.8, 4) is 0 Å². The van der Waals surface area contributed by atoms with Crippen molar-refractivity contribution in [3.05, 3.63) is 34.3 Å². The van der Waals surface area contributed by atoms with E-state index >= 15 is 0 Å². The Balaban J connectivity index is 1.94. The van der Waals surface area contributed by atoms with Gasteiger partial charge in [0.1, 0.15) is 6.10 Å². The van der Waals surface area contributed by atoms with E-state index in [9.17, 15) is 4.79 Å². The van der Waals surface area contributed by atoms with Gasteiger partial charge in [0.15, 0.2) is 0 Å². The predicted molar refractivity (Wildman–Crippen MR) is 66.1 cm³/mol. The Morgan fingerprint density at radius 3 is 2.69 bits per heavy atom. The number of esters is 1. The Labute approximate surface area is 104 Å². The van der Waals surface area contributed by atoms with Gasteiger partial charge in [0.05, 0.1) is 0 Å². The Morgan fingerprint density at radius 1 is 1.44 bits per heavy atom. The van der Waals surface area contributed by atoms with Crippen LogP contribution in [-0.4, -0.2) is 12.1 Å². The molecule has 0 amide bonds. The summed E-state index contributed by atoms with van der Waals surface area (Å²) in [5.41, 5.74) is 1.29. The average Bonchev–Trinajstić information content (AvgIpc) is 2.68. The molecule has 2 rings (SSSR count). The van der Waals surface area contributed by atoms with Crippen LogP contribution in [0.2, 0.25) is 0 Å². The van der Waals surface area contributed by atoms with E-state index in [-0.39, 0.29) is 12.1 Å². The number of halogens is 1. The molecule has 1 aliphatic rings. The van der Waals surface area contributed by atoms with Crippen molar-refractivity contribution in [2.75, 3.05) is 0 Å². The van der Waals surface area contributed by atoms with Gasteiger partial charge < -0.3 is 4.74 Å². The maximum atomic E-state index is 11.0. The molecule has 0 aromatic heterocycles. The molecule has 0 N–H and O–H groups in total. The lowest BCUT2D eigenvalue weighted by molar-refractivity contribution is -0.142. The highest BCUT2D eigenvalue weighted by Crippen LogP contribution is 2.24. The fraction of sp³-hybridized carbons (Fsp3) is 0.462. The molecule has 3 heteroatoms. The average molecular weight is 283 g/mol. The summed E-state index contributed by atoms with van der Waals surface area (Å²) in [6, 6.07) is 8.31. The summed E-state index contributed by atoms with van der Waals surface area (Å²) in [4.78, 5) is 11.0. The van der Waals surface area contributed by atoms with E-state index in [1.54, 1.807) is 0 Å². The zero-order chi connectivity index (χ0) is 11.5. The zero-order valence-electron chi connectivity index (χ0n) is 9.28. The van der Waals surface area contributed by atoms with Gasteiger partial charge in [-0.1, -0.05) is 35.0 Å². The van der Waals surface area contributed by atoms with Crippen molar-refractivity contribution in [2.45, 2.75) is 32.3 Å². The molecule has 1 aromatic rings. The SMILES string of the molecule is C[C@@H](Cc1ccc(Br)cc1)[C@@H]1CCC(=O)O1. The van der Waals surface area contributed by atoms with Crippen molar-refractivity contribution in [2.24, 2.45) is 5.92 Å². The van der Waals surface area contributed by atoms with Crippen molar-refractivity contribution in [3.63, 3.8) is 0 Å². The molecule has 0 bridgehead atoms. The van der Waals surface area contributed by atoms with Gasteiger partial charge in [-0.15, -0.1) is 0 Å². The van der Waals surface area contributed by atoms with Crippen molar-refractivity contribution < 1.29 is 9.53 Å². The van der Waals surface area contributed by atoms with Crippen LogP contribution in [0.25, 0.3) is 0 Å². The molecule has 0 spiro atoms. The molecule has 1 saturated heterocycles. The highest BCUT2D eigenvalue weighted by atomic mass is 79.9. The molecule has 0 saturated carbocycles. The number of ether oxygens (including phenoxy) is 1. The summed E-state index contributed by atoms with van der Waals surface area (Å²) in [5.74, 6) is 0.347. The van der Waals surface area contributed by atoms with Crippen molar-refractivity contribution in [1.29, 1.82) is 0 Å². The van der Waals surface area contributed by atoms with E-state index in [1.165, 1.54) is 5.56 Å². The Hall–Kier alpha value is -0.830. The quantitative estimate of drug-likeness (QED) is 0.795. The maximum Gasteiger partial charge on any atom is 0.306 e. The van der Waals surface area contributed by atoms with Gasteiger partial charge in [0.25, 0.3) is 0 Å². The first kappa shape index (κ1) is 11.6. The highest BCUT2D eigenvalue weighted by Gasteiger charge is 2.28. The van der Waals surface area contributed by atoms with E-state index in [0.717, 1.165) is 17.3 Å². The third-order valence-electron chi connectivity index (χ3n) is 3.02. The van der Waals surface area contributed by atoms with Gasteiger partial charge in [-0.3, -0.25) is 4.79 Å². The fourth-order valence-corrected chi connectivity index (χ4v) is 2.34. The lowest BCUT2D eigenvalue weighted by Crippen LogP contribution is -2.19. The van der Waals surface area contributed by atoms with Gasteiger partial charge >= 0.3 is 5.97 Å². The van der Waals surface area contributed by atoms with Crippen LogP contribution in [0, 0.1) is 5.92 Å². The zero-order valence-corrected chi connectivity index (χ0v) is 10.9. The van der Waals surface area contributed by atoms with Gasteiger partial charge in [0, 0.05) is 10.9 Å². The van der Waals surface area contributed by atoms with Gasteiger partial charge in [0.2, 0.25) is 0 Å². The molecule has 0 unspecified atom stereocenters. The Bertz CT molecular complexity index is 372. The fourth-order valence-electron chi connectivity index (χ4n) is 2.07. The number of hydrogen-bond acceptors (Lipinski definition) is 2. The largest absolute Gasteiger partial charge is 0.462 e. The van der Waals surface area contributed by atoms with E-state index < -0.39 is 0 Å². The van der Waals surface area contributed by atoms with E-state index in [1.807, 2.05) is 12.1 Å². The summed E-state index contributed by atoms with van der Waals surface area (Å²) in [6.45, 7) is 2.14. The first-order valence-electron chi connectivity index (χ1n) is 5.59. The molecule has 0 radical (unpaired) electrons. The van der Waals surface area contributed by atoms with Crippen LogP contribution in [0.1, 0.15) is 25.3 Å². The number of carbonyl (C=O) groups is 1. The third kappa shape index (κ3) is 2.85. The number of hydrogen-bond donors (Lipinski definition) is 0. The minimum absolute atomic E-state index is 0.0485. The van der Waals surface area contributed by atoms with Gasteiger partial charge in [-0.25, -0.2) is 0 Å². The minimum Gasteiger partial charge on any atom is -0.462 e. The number of benzene rings is 1. The molecule has 1 heterocycles. The maximum absolute atomic E-state index is 11.0. The molecular formula is C13H15BrO2. The molecule has 2 atom stereocenters. The first-order valence-corrected chi connectivity index (χ1v) is 6.38. The van der Waals surface area contributed by atoms with E-state index in [0.29, 0.717) is 12.3 Å². The van der Waals surface area contributed by atoms with Crippen molar-refractivity contribution in [1.82, 2.24) is 0 Å². The minimum atomic E-state index is -0.0485. The summed E-state index contributed by atoms with van der Waals surface area (Å²) >= 11 is 3.42. The van der Waals surface area contributed by atoms with Crippen LogP contribution in [-0.2, 0) is 16.0 Å². The Morgan fingerprint density at radius 2 is 2.12 bits per heavy atom. The number of rotatable bonds is 3. The smallest absolute Gasteiger partial charge is 0.306 e. The molecular weight excluding hydrogens is 268 g/mol. The van der Waals surface area contributed by atoms with E-state index in [2.05, 4.69) is 35.0 Å². The van der Waals surface area contributed by atoms with Crippen LogP contribution in [0.5, 0.6) is 0 Å². The lowest BCUT2D eigenvalue weighted by Gasteiger charge is -2.17. The molecule has 0 aliphatic carbocycles. The molecule has 1 aromatic carbocycles. The summed E-state index contributed by atoms with van der Waals surface area (Å²) in [7, 11) is 0. The summed E-state index contributed by atoms with van der Waals surface area (Å²) < 4.78 is 6.36. The predicted octanol–water partition coefficient (Wildman–Crippen LogP) is 3.33.